The van der Waals surface area contributed by atoms with Crippen molar-refractivity contribution in [3.05, 3.63) is 42.5 Å². The molecule has 0 fully saturated rings. The maximum absolute atomic E-state index is 11.5. The van der Waals surface area contributed by atoms with Gasteiger partial charge in [0, 0.05) is 5.56 Å². The topological polar surface area (TPSA) is 109 Å². The van der Waals surface area contributed by atoms with Crippen molar-refractivity contribution in [2.45, 2.75) is 13.2 Å². The maximum Gasteiger partial charge on any atom is 0.328 e. The summed E-state index contributed by atoms with van der Waals surface area (Å²) in [5.41, 5.74) is 0.802. The summed E-state index contributed by atoms with van der Waals surface area (Å²) in [6.07, 6.45) is 1.32. The second kappa shape index (κ2) is 5.90. The van der Waals surface area contributed by atoms with Crippen LogP contribution in [0.5, 0.6) is 0 Å². The molecule has 0 aliphatic rings. The van der Waals surface area contributed by atoms with Gasteiger partial charge in [-0.2, -0.15) is 0 Å². The van der Waals surface area contributed by atoms with Gasteiger partial charge in [-0.3, -0.25) is 4.79 Å². The number of tetrazole rings is 1. The zero-order valence-electron chi connectivity index (χ0n) is 10.8. The molecule has 0 amide bonds. The van der Waals surface area contributed by atoms with E-state index in [2.05, 4.69) is 25.7 Å². The summed E-state index contributed by atoms with van der Waals surface area (Å²) < 4.78 is 11.7. The van der Waals surface area contributed by atoms with E-state index in [0.29, 0.717) is 5.89 Å². The number of carbonyl (C=O) groups excluding carboxylic acids is 1. The average Bonchev–Trinajstić information content (AvgIpc) is 3.17. The van der Waals surface area contributed by atoms with Gasteiger partial charge >= 0.3 is 5.97 Å². The summed E-state index contributed by atoms with van der Waals surface area (Å²) in [5, 5.41) is 18.1. The smallest absolute Gasteiger partial charge is 0.328 e. The lowest BCUT2D eigenvalue weighted by Crippen LogP contribution is -2.14. The van der Waals surface area contributed by atoms with E-state index >= 15 is 0 Å². The monoisotopic (exact) mass is 286 g/mol. The fourth-order valence-corrected chi connectivity index (χ4v) is 1.58. The van der Waals surface area contributed by atoms with Crippen LogP contribution < -0.4 is 0 Å². The van der Waals surface area contributed by atoms with Crippen LogP contribution in [0.15, 0.2) is 41.1 Å². The molecule has 1 aromatic carbocycles. The van der Waals surface area contributed by atoms with E-state index in [9.17, 15) is 4.79 Å². The normalized spacial score (nSPS) is 10.5. The third-order valence-corrected chi connectivity index (χ3v) is 2.53. The number of ether oxygens (including phenoxy) is 1. The van der Waals surface area contributed by atoms with Crippen LogP contribution in [0.3, 0.4) is 0 Å². The lowest BCUT2D eigenvalue weighted by molar-refractivity contribution is -0.146. The van der Waals surface area contributed by atoms with Crippen LogP contribution in [0.4, 0.5) is 0 Å². The first kappa shape index (κ1) is 12.9. The molecule has 0 radical (unpaired) electrons. The first-order chi connectivity index (χ1) is 10.3. The summed E-state index contributed by atoms with van der Waals surface area (Å²) in [7, 11) is 0. The highest BCUT2D eigenvalue weighted by Crippen LogP contribution is 2.17. The van der Waals surface area contributed by atoms with E-state index in [4.69, 9.17) is 9.15 Å². The molecule has 0 bridgehead atoms. The second-order valence-corrected chi connectivity index (χ2v) is 4.04. The number of hydrogen-bond acceptors (Lipinski definition) is 8. The second-order valence-electron chi connectivity index (χ2n) is 4.04. The Labute approximate surface area is 118 Å². The first-order valence-electron chi connectivity index (χ1n) is 6.05. The Morgan fingerprint density at radius 2 is 2.10 bits per heavy atom. The molecule has 2 heterocycles. The van der Waals surface area contributed by atoms with Gasteiger partial charge in [0.25, 0.3) is 5.89 Å². The fourth-order valence-electron chi connectivity index (χ4n) is 1.58. The molecular formula is C12H10N6O3. The molecule has 21 heavy (non-hydrogen) atoms. The minimum atomic E-state index is -0.498. The highest BCUT2D eigenvalue weighted by molar-refractivity contribution is 5.68. The van der Waals surface area contributed by atoms with E-state index in [0.717, 1.165) is 5.56 Å². The van der Waals surface area contributed by atoms with E-state index in [1.807, 2.05) is 30.3 Å². The summed E-state index contributed by atoms with van der Waals surface area (Å²) in [6, 6.07) is 9.32. The van der Waals surface area contributed by atoms with Crippen molar-refractivity contribution in [3.63, 3.8) is 0 Å². The number of rotatable bonds is 5. The SMILES string of the molecule is O=C(Cn1cnnn1)OCc1nnc(-c2ccccc2)o1. The molecule has 0 aliphatic heterocycles. The predicted octanol–water partition coefficient (Wildman–Crippen LogP) is 0.466. The van der Waals surface area contributed by atoms with Gasteiger partial charge < -0.3 is 9.15 Å². The van der Waals surface area contributed by atoms with Gasteiger partial charge in [0.2, 0.25) is 5.89 Å². The largest absolute Gasteiger partial charge is 0.454 e. The zero-order chi connectivity index (χ0) is 14.5. The first-order valence-corrected chi connectivity index (χ1v) is 6.05. The molecule has 3 rings (SSSR count). The minimum absolute atomic E-state index is 0.0767. The molecule has 2 aromatic heterocycles. The third-order valence-electron chi connectivity index (χ3n) is 2.53. The van der Waals surface area contributed by atoms with Crippen LogP contribution in [0.1, 0.15) is 5.89 Å². The summed E-state index contributed by atoms with van der Waals surface area (Å²) in [4.78, 5) is 11.5. The van der Waals surface area contributed by atoms with Crippen LogP contribution in [0, 0.1) is 0 Å². The summed E-state index contributed by atoms with van der Waals surface area (Å²) in [5.74, 6) is 0.0998. The van der Waals surface area contributed by atoms with Crippen molar-refractivity contribution in [1.82, 2.24) is 30.4 Å². The van der Waals surface area contributed by atoms with Gasteiger partial charge in [-0.05, 0) is 22.6 Å². The Kier molecular flexibility index (Phi) is 3.63. The summed E-state index contributed by atoms with van der Waals surface area (Å²) >= 11 is 0. The van der Waals surface area contributed by atoms with Gasteiger partial charge in [-0.1, -0.05) is 18.2 Å². The fraction of sp³-hybridized carbons (Fsp3) is 0.167. The molecule has 0 N–H and O–H groups in total. The Balaban J connectivity index is 1.56. The van der Waals surface area contributed by atoms with Gasteiger partial charge in [-0.15, -0.1) is 15.3 Å². The molecular weight excluding hydrogens is 276 g/mol. The van der Waals surface area contributed by atoms with Crippen molar-refractivity contribution < 1.29 is 13.9 Å². The van der Waals surface area contributed by atoms with Gasteiger partial charge in [0.1, 0.15) is 12.9 Å². The lowest BCUT2D eigenvalue weighted by Gasteiger charge is -2.00. The highest BCUT2D eigenvalue weighted by atomic mass is 16.5. The standard InChI is InChI=1S/C12H10N6O3/c19-11(6-18-8-13-16-17-18)20-7-10-14-15-12(21-10)9-4-2-1-3-5-9/h1-5,8H,6-7H2. The van der Waals surface area contributed by atoms with Gasteiger partial charge in [0.05, 0.1) is 0 Å². The molecule has 0 aliphatic carbocycles. The highest BCUT2D eigenvalue weighted by Gasteiger charge is 2.11. The average molecular weight is 286 g/mol. The van der Waals surface area contributed by atoms with Crippen LogP contribution >= 0.6 is 0 Å². The van der Waals surface area contributed by atoms with Crippen LogP contribution in [0.2, 0.25) is 0 Å². The quantitative estimate of drug-likeness (QED) is 0.622. The van der Waals surface area contributed by atoms with Crippen molar-refractivity contribution >= 4 is 5.97 Å². The van der Waals surface area contributed by atoms with Crippen LogP contribution in [-0.4, -0.2) is 36.4 Å². The zero-order valence-corrected chi connectivity index (χ0v) is 10.8. The Morgan fingerprint density at radius 3 is 2.86 bits per heavy atom. The van der Waals surface area contributed by atoms with Crippen molar-refractivity contribution in [3.8, 4) is 11.5 Å². The van der Waals surface area contributed by atoms with E-state index in [-0.39, 0.29) is 19.0 Å². The molecule has 9 nitrogen and oxygen atoms in total. The Hall–Kier alpha value is -3.10. The molecule has 9 heteroatoms. The Bertz CT molecular complexity index is 710. The number of carbonyl (C=O) groups is 1. The number of hydrogen-bond donors (Lipinski definition) is 0. The Morgan fingerprint density at radius 1 is 1.24 bits per heavy atom. The molecule has 0 atom stereocenters. The number of esters is 1. The predicted molar refractivity (Wildman–Crippen MR) is 67.3 cm³/mol. The number of benzene rings is 1. The third kappa shape index (κ3) is 3.26. The van der Waals surface area contributed by atoms with Crippen molar-refractivity contribution in [2.24, 2.45) is 0 Å². The lowest BCUT2D eigenvalue weighted by atomic mass is 10.2. The van der Waals surface area contributed by atoms with Crippen molar-refractivity contribution in [2.75, 3.05) is 0 Å². The molecule has 0 saturated carbocycles. The van der Waals surface area contributed by atoms with Crippen LogP contribution in [0.25, 0.3) is 11.5 Å². The van der Waals surface area contributed by atoms with Crippen LogP contribution in [-0.2, 0) is 22.7 Å². The van der Waals surface area contributed by atoms with E-state index in [1.165, 1.54) is 11.0 Å². The molecule has 0 unspecified atom stereocenters. The van der Waals surface area contributed by atoms with Gasteiger partial charge in [-0.25, -0.2) is 4.68 Å². The minimum Gasteiger partial charge on any atom is -0.454 e. The maximum atomic E-state index is 11.5. The summed E-state index contributed by atoms with van der Waals surface area (Å²) in [6.45, 7) is -0.173. The molecule has 0 saturated heterocycles. The van der Waals surface area contributed by atoms with Gasteiger partial charge in [0.15, 0.2) is 6.61 Å². The molecule has 3 aromatic rings. The van der Waals surface area contributed by atoms with E-state index < -0.39 is 5.97 Å². The van der Waals surface area contributed by atoms with E-state index in [1.54, 1.807) is 0 Å². The number of aromatic nitrogens is 6. The van der Waals surface area contributed by atoms with Crippen molar-refractivity contribution in [1.29, 1.82) is 0 Å². The number of nitrogens with zero attached hydrogens (tertiary/aromatic N) is 6. The molecule has 106 valence electrons. The molecule has 0 spiro atoms.